The zero-order chi connectivity index (χ0) is 15.7. The number of carbonyl (C=O) groups excluding carboxylic acids is 2. The lowest BCUT2D eigenvalue weighted by atomic mass is 9.93. The second-order valence-electron chi connectivity index (χ2n) is 6.18. The molecule has 2 aliphatic rings. The largest absolute Gasteiger partial charge is 0.338 e. The number of benzene rings is 1. The van der Waals surface area contributed by atoms with E-state index >= 15 is 0 Å². The third-order valence-electron chi connectivity index (χ3n) is 4.83. The second-order valence-corrected chi connectivity index (χ2v) is 6.18. The molecule has 4 nitrogen and oxygen atoms in total. The van der Waals surface area contributed by atoms with Crippen molar-refractivity contribution in [2.24, 2.45) is 0 Å². The normalized spacial score (nSPS) is 24.0. The van der Waals surface area contributed by atoms with Crippen LogP contribution in [-0.2, 0) is 22.6 Å². The fourth-order valence-electron chi connectivity index (χ4n) is 3.54. The molecule has 2 atom stereocenters. The first-order valence-corrected chi connectivity index (χ1v) is 7.92. The molecule has 1 saturated heterocycles. The minimum atomic E-state index is -0.402. The molecule has 1 aromatic rings. The van der Waals surface area contributed by atoms with Crippen LogP contribution in [0.1, 0.15) is 30.9 Å². The smallest absolute Gasteiger partial charge is 0.246 e. The summed E-state index contributed by atoms with van der Waals surface area (Å²) in [6, 6.07) is 7.91. The monoisotopic (exact) mass is 298 g/mol. The van der Waals surface area contributed by atoms with Crippen LogP contribution in [0, 0.1) is 0 Å². The quantitative estimate of drug-likeness (QED) is 0.785. The van der Waals surface area contributed by atoms with Crippen LogP contribution >= 0.6 is 0 Å². The zero-order valence-corrected chi connectivity index (χ0v) is 13.0. The predicted octanol–water partition coefficient (Wildman–Crippen LogP) is 2.14. The van der Waals surface area contributed by atoms with E-state index in [1.807, 2.05) is 23.1 Å². The van der Waals surface area contributed by atoms with Crippen molar-refractivity contribution < 1.29 is 9.59 Å². The summed E-state index contributed by atoms with van der Waals surface area (Å²) in [4.78, 5) is 28.8. The van der Waals surface area contributed by atoms with E-state index in [0.717, 1.165) is 24.9 Å². The highest BCUT2D eigenvalue weighted by Gasteiger charge is 2.38. The fraction of sp³-hybridized carbons (Fsp3) is 0.444. The lowest BCUT2D eigenvalue weighted by molar-refractivity contribution is -0.145. The van der Waals surface area contributed by atoms with Gasteiger partial charge in [-0.2, -0.15) is 0 Å². The Bertz CT molecular complexity index is 611. The van der Waals surface area contributed by atoms with Crippen molar-refractivity contribution in [2.45, 2.75) is 44.8 Å². The lowest BCUT2D eigenvalue weighted by Gasteiger charge is -2.38. The highest BCUT2D eigenvalue weighted by atomic mass is 16.2. The van der Waals surface area contributed by atoms with Crippen LogP contribution in [0.5, 0.6) is 0 Å². The summed E-state index contributed by atoms with van der Waals surface area (Å²) in [6.45, 7) is 6.95. The number of fused-ring (bicyclic) bond motifs is 1. The van der Waals surface area contributed by atoms with Crippen molar-refractivity contribution in [3.05, 3.63) is 48.0 Å². The maximum atomic E-state index is 12.9. The number of nitrogens with zero attached hydrogens (tertiary/aromatic N) is 2. The molecule has 0 radical (unpaired) electrons. The minimum Gasteiger partial charge on any atom is -0.338 e. The molecule has 0 saturated carbocycles. The molecular formula is C18H22N2O2. The highest BCUT2D eigenvalue weighted by molar-refractivity contribution is 5.93. The third-order valence-corrected chi connectivity index (χ3v) is 4.83. The van der Waals surface area contributed by atoms with Crippen molar-refractivity contribution in [1.29, 1.82) is 0 Å². The number of amides is 2. The average Bonchev–Trinajstić information content (AvgIpc) is 2.98. The number of rotatable bonds is 2. The third kappa shape index (κ3) is 2.54. The van der Waals surface area contributed by atoms with Gasteiger partial charge in [0, 0.05) is 25.6 Å². The van der Waals surface area contributed by atoms with Gasteiger partial charge in [0.15, 0.2) is 0 Å². The molecule has 0 N–H and O–H groups in total. The molecule has 1 fully saturated rings. The molecular weight excluding hydrogens is 276 g/mol. The summed E-state index contributed by atoms with van der Waals surface area (Å²) < 4.78 is 0. The molecule has 0 aromatic heterocycles. The molecule has 3 rings (SSSR count). The Morgan fingerprint density at radius 3 is 2.59 bits per heavy atom. The minimum absolute atomic E-state index is 0.0784. The van der Waals surface area contributed by atoms with Crippen LogP contribution in [0.4, 0.5) is 0 Å². The van der Waals surface area contributed by atoms with E-state index in [1.54, 1.807) is 4.90 Å². The summed E-state index contributed by atoms with van der Waals surface area (Å²) in [7, 11) is 0. The number of carbonyl (C=O) groups is 2. The van der Waals surface area contributed by atoms with E-state index in [9.17, 15) is 9.59 Å². The van der Waals surface area contributed by atoms with Crippen molar-refractivity contribution in [3.8, 4) is 0 Å². The standard InChI is InChI=1S/C18H22N2O2/c1-3-17(21)20-12-15-9-5-4-8-14(15)11-16(20)18(22)19-10-6-7-13(19)2/h3-5,8-9,13,16H,1,6-7,10-12H2,2H3/t13-,16+/m1/s1. The van der Waals surface area contributed by atoms with Crippen LogP contribution < -0.4 is 0 Å². The second kappa shape index (κ2) is 5.95. The Balaban J connectivity index is 1.91. The number of likely N-dealkylation sites (tertiary alicyclic amines) is 1. The molecule has 2 heterocycles. The summed E-state index contributed by atoms with van der Waals surface area (Å²) in [5, 5.41) is 0. The molecule has 0 unspecified atom stereocenters. The van der Waals surface area contributed by atoms with Gasteiger partial charge in [0.25, 0.3) is 0 Å². The van der Waals surface area contributed by atoms with Gasteiger partial charge in [0.05, 0.1) is 0 Å². The van der Waals surface area contributed by atoms with Gasteiger partial charge in [0.1, 0.15) is 6.04 Å². The number of hydrogen-bond acceptors (Lipinski definition) is 2. The summed E-state index contributed by atoms with van der Waals surface area (Å²) in [5.41, 5.74) is 2.29. The predicted molar refractivity (Wildman–Crippen MR) is 85.1 cm³/mol. The topological polar surface area (TPSA) is 40.6 Å². The first-order valence-electron chi connectivity index (χ1n) is 7.92. The Hall–Kier alpha value is -2.10. The lowest BCUT2D eigenvalue weighted by Crippen LogP contribution is -2.53. The Morgan fingerprint density at radius 2 is 1.95 bits per heavy atom. The van der Waals surface area contributed by atoms with Gasteiger partial charge in [-0.1, -0.05) is 30.8 Å². The SMILES string of the molecule is C=CC(=O)N1Cc2ccccc2C[C@H]1C(=O)N1CCC[C@H]1C. The highest BCUT2D eigenvalue weighted by Crippen LogP contribution is 2.27. The molecule has 22 heavy (non-hydrogen) atoms. The summed E-state index contributed by atoms with van der Waals surface area (Å²) in [6.07, 6.45) is 4.00. The fourth-order valence-corrected chi connectivity index (χ4v) is 3.54. The first kappa shape index (κ1) is 14.8. The van der Waals surface area contributed by atoms with E-state index in [0.29, 0.717) is 13.0 Å². The van der Waals surface area contributed by atoms with Gasteiger partial charge in [0.2, 0.25) is 11.8 Å². The maximum Gasteiger partial charge on any atom is 0.246 e. The molecule has 2 amide bonds. The van der Waals surface area contributed by atoms with Crippen molar-refractivity contribution in [1.82, 2.24) is 9.80 Å². The zero-order valence-electron chi connectivity index (χ0n) is 13.0. The van der Waals surface area contributed by atoms with Crippen molar-refractivity contribution in [2.75, 3.05) is 6.54 Å². The van der Waals surface area contributed by atoms with Gasteiger partial charge in [-0.3, -0.25) is 9.59 Å². The van der Waals surface area contributed by atoms with E-state index in [4.69, 9.17) is 0 Å². The van der Waals surface area contributed by atoms with Crippen LogP contribution in [0.2, 0.25) is 0 Å². The van der Waals surface area contributed by atoms with E-state index in [1.165, 1.54) is 11.6 Å². The summed E-state index contributed by atoms with van der Waals surface area (Å²) >= 11 is 0. The Morgan fingerprint density at radius 1 is 1.23 bits per heavy atom. The molecule has 116 valence electrons. The maximum absolute atomic E-state index is 12.9. The molecule has 2 aliphatic heterocycles. The van der Waals surface area contributed by atoms with Gasteiger partial charge in [-0.15, -0.1) is 0 Å². The van der Waals surface area contributed by atoms with Gasteiger partial charge >= 0.3 is 0 Å². The summed E-state index contributed by atoms with van der Waals surface area (Å²) in [5.74, 6) is -0.0885. The van der Waals surface area contributed by atoms with Gasteiger partial charge in [-0.05, 0) is 37.0 Å². The van der Waals surface area contributed by atoms with Crippen LogP contribution in [0.25, 0.3) is 0 Å². The van der Waals surface area contributed by atoms with Gasteiger partial charge in [-0.25, -0.2) is 0 Å². The van der Waals surface area contributed by atoms with Crippen LogP contribution in [-0.4, -0.2) is 40.2 Å². The Kier molecular flexibility index (Phi) is 4.01. The van der Waals surface area contributed by atoms with Crippen LogP contribution in [0.15, 0.2) is 36.9 Å². The van der Waals surface area contributed by atoms with E-state index in [2.05, 4.69) is 19.6 Å². The van der Waals surface area contributed by atoms with Crippen molar-refractivity contribution >= 4 is 11.8 Å². The van der Waals surface area contributed by atoms with Gasteiger partial charge < -0.3 is 9.80 Å². The first-order chi connectivity index (χ1) is 10.6. The Labute approximate surface area is 131 Å². The van der Waals surface area contributed by atoms with E-state index in [-0.39, 0.29) is 17.9 Å². The molecule has 1 aromatic carbocycles. The molecule has 0 bridgehead atoms. The van der Waals surface area contributed by atoms with Crippen LogP contribution in [0.3, 0.4) is 0 Å². The molecule has 0 spiro atoms. The number of hydrogen-bond donors (Lipinski definition) is 0. The van der Waals surface area contributed by atoms with E-state index < -0.39 is 6.04 Å². The van der Waals surface area contributed by atoms with Crippen molar-refractivity contribution in [3.63, 3.8) is 0 Å². The molecule has 0 aliphatic carbocycles. The average molecular weight is 298 g/mol. The molecule has 4 heteroatoms.